The summed E-state index contributed by atoms with van der Waals surface area (Å²) in [7, 11) is 1.65. The Labute approximate surface area is 151 Å². The van der Waals surface area contributed by atoms with Gasteiger partial charge in [0.05, 0.1) is 30.7 Å². The lowest BCUT2D eigenvalue weighted by atomic mass is 10.0. The van der Waals surface area contributed by atoms with Gasteiger partial charge in [-0.2, -0.15) is 0 Å². The molecule has 1 aliphatic heterocycles. The lowest BCUT2D eigenvalue weighted by Crippen LogP contribution is -2.43. The molecule has 2 heterocycles. The maximum absolute atomic E-state index is 12.5. The second-order valence-electron chi connectivity index (χ2n) is 6.29. The molecule has 0 aliphatic carbocycles. The molecular formula is C19H21N5O2. The number of rotatable bonds is 5. The summed E-state index contributed by atoms with van der Waals surface area (Å²) >= 11 is 0. The summed E-state index contributed by atoms with van der Waals surface area (Å²) in [6.07, 6.45) is 0.645. The highest BCUT2D eigenvalue weighted by Crippen LogP contribution is 2.29. The second-order valence-corrected chi connectivity index (χ2v) is 6.29. The number of fused-ring (bicyclic) bond motifs is 1. The molecule has 1 saturated heterocycles. The van der Waals surface area contributed by atoms with Gasteiger partial charge in [0.25, 0.3) is 0 Å². The van der Waals surface area contributed by atoms with Gasteiger partial charge in [0.15, 0.2) is 0 Å². The van der Waals surface area contributed by atoms with Crippen LogP contribution >= 0.6 is 0 Å². The van der Waals surface area contributed by atoms with E-state index < -0.39 is 0 Å². The van der Waals surface area contributed by atoms with E-state index in [1.54, 1.807) is 7.11 Å². The molecule has 0 bridgehead atoms. The number of amides is 1. The van der Waals surface area contributed by atoms with Crippen LogP contribution in [0.5, 0.6) is 5.75 Å². The molecule has 7 heteroatoms. The molecule has 2 aromatic carbocycles. The number of H-pyrrole nitrogens is 1. The number of benzene rings is 2. The van der Waals surface area contributed by atoms with Gasteiger partial charge in [-0.1, -0.05) is 30.3 Å². The molecular weight excluding hydrogens is 330 g/mol. The van der Waals surface area contributed by atoms with Crippen molar-refractivity contribution in [2.24, 2.45) is 0 Å². The van der Waals surface area contributed by atoms with Crippen molar-refractivity contribution < 1.29 is 9.53 Å². The minimum absolute atomic E-state index is 0.0214. The average Bonchev–Trinajstić information content (AvgIpc) is 3.33. The minimum atomic E-state index is -0.311. The molecule has 3 aromatic rings. The van der Waals surface area contributed by atoms with E-state index >= 15 is 0 Å². The summed E-state index contributed by atoms with van der Waals surface area (Å²) in [6.45, 7) is 0.366. The third kappa shape index (κ3) is 3.26. The van der Waals surface area contributed by atoms with E-state index in [2.05, 4.69) is 26.1 Å². The number of nitrogens with zero attached hydrogens (tertiary/aromatic N) is 1. The lowest BCUT2D eigenvalue weighted by molar-refractivity contribution is -0.123. The SMILES string of the molecule is COc1ccccc1C1CC(C(=O)NCc2nc3ccccc3[nH]2)NN1. The lowest BCUT2D eigenvalue weighted by Gasteiger charge is -2.13. The van der Waals surface area contributed by atoms with Crippen LogP contribution in [0.15, 0.2) is 48.5 Å². The third-order valence-corrected chi connectivity index (χ3v) is 4.60. The minimum Gasteiger partial charge on any atom is -0.496 e. The van der Waals surface area contributed by atoms with Crippen LogP contribution in [-0.4, -0.2) is 29.0 Å². The number of aromatic amines is 1. The smallest absolute Gasteiger partial charge is 0.238 e. The molecule has 4 N–H and O–H groups in total. The van der Waals surface area contributed by atoms with Gasteiger partial charge in [-0.25, -0.2) is 15.8 Å². The standard InChI is InChI=1S/C19H21N5O2/c1-26-17-9-5-2-6-12(17)15-10-16(24-23-15)19(25)20-11-18-21-13-7-3-4-8-14(13)22-18/h2-9,15-16,23-24H,10-11H2,1H3,(H,20,25)(H,21,22). The molecule has 7 nitrogen and oxygen atoms in total. The molecule has 0 saturated carbocycles. The summed E-state index contributed by atoms with van der Waals surface area (Å²) in [5, 5.41) is 2.94. The van der Waals surface area contributed by atoms with E-state index in [1.165, 1.54) is 0 Å². The van der Waals surface area contributed by atoms with Crippen LogP contribution < -0.4 is 20.9 Å². The zero-order valence-electron chi connectivity index (χ0n) is 14.5. The number of hydrogen-bond donors (Lipinski definition) is 4. The normalized spacial score (nSPS) is 19.6. The van der Waals surface area contributed by atoms with E-state index in [-0.39, 0.29) is 18.0 Å². The van der Waals surface area contributed by atoms with Gasteiger partial charge in [-0.15, -0.1) is 0 Å². The number of carbonyl (C=O) groups excluding carboxylic acids is 1. The van der Waals surface area contributed by atoms with Gasteiger partial charge in [0, 0.05) is 5.56 Å². The Balaban J connectivity index is 1.37. The highest BCUT2D eigenvalue weighted by atomic mass is 16.5. The number of para-hydroxylation sites is 3. The molecule has 0 spiro atoms. The number of ether oxygens (including phenoxy) is 1. The Morgan fingerprint density at radius 2 is 2.00 bits per heavy atom. The number of imidazole rings is 1. The third-order valence-electron chi connectivity index (χ3n) is 4.60. The first-order valence-corrected chi connectivity index (χ1v) is 8.60. The van der Waals surface area contributed by atoms with Crippen LogP contribution in [0.1, 0.15) is 23.9 Å². The summed E-state index contributed by atoms with van der Waals surface area (Å²) < 4.78 is 5.41. The Kier molecular flexibility index (Phi) is 4.55. The van der Waals surface area contributed by atoms with Crippen molar-refractivity contribution >= 4 is 16.9 Å². The van der Waals surface area contributed by atoms with E-state index in [0.29, 0.717) is 13.0 Å². The van der Waals surface area contributed by atoms with Crippen molar-refractivity contribution in [1.29, 1.82) is 0 Å². The van der Waals surface area contributed by atoms with Gasteiger partial charge < -0.3 is 15.0 Å². The van der Waals surface area contributed by atoms with Crippen LogP contribution in [-0.2, 0) is 11.3 Å². The van der Waals surface area contributed by atoms with Crippen molar-refractivity contribution in [3.8, 4) is 5.75 Å². The quantitative estimate of drug-likeness (QED) is 0.563. The number of aromatic nitrogens is 2. The molecule has 134 valence electrons. The maximum atomic E-state index is 12.5. The molecule has 0 radical (unpaired) electrons. The van der Waals surface area contributed by atoms with Gasteiger partial charge >= 0.3 is 0 Å². The Bertz CT molecular complexity index is 890. The number of carbonyl (C=O) groups is 1. The predicted octanol–water partition coefficient (Wildman–Crippen LogP) is 1.80. The number of methoxy groups -OCH3 is 1. The molecule has 1 fully saturated rings. The first kappa shape index (κ1) is 16.6. The number of hydrazine groups is 1. The fourth-order valence-corrected chi connectivity index (χ4v) is 3.27. The summed E-state index contributed by atoms with van der Waals surface area (Å²) in [5.41, 5.74) is 9.16. The zero-order valence-corrected chi connectivity index (χ0v) is 14.5. The van der Waals surface area contributed by atoms with Crippen molar-refractivity contribution in [2.45, 2.75) is 25.0 Å². The molecule has 4 rings (SSSR count). The van der Waals surface area contributed by atoms with Crippen LogP contribution in [0.4, 0.5) is 0 Å². The first-order chi connectivity index (χ1) is 12.7. The highest BCUT2D eigenvalue weighted by Gasteiger charge is 2.31. The van der Waals surface area contributed by atoms with Crippen molar-refractivity contribution in [2.75, 3.05) is 7.11 Å². The summed E-state index contributed by atoms with van der Waals surface area (Å²) in [6, 6.07) is 15.3. The Morgan fingerprint density at radius 3 is 2.85 bits per heavy atom. The Morgan fingerprint density at radius 1 is 1.19 bits per heavy atom. The monoisotopic (exact) mass is 351 g/mol. The van der Waals surface area contributed by atoms with Gasteiger partial charge in [0.2, 0.25) is 5.91 Å². The molecule has 1 aliphatic rings. The van der Waals surface area contributed by atoms with E-state index in [4.69, 9.17) is 4.74 Å². The molecule has 1 aromatic heterocycles. The van der Waals surface area contributed by atoms with E-state index in [0.717, 1.165) is 28.2 Å². The van der Waals surface area contributed by atoms with Crippen molar-refractivity contribution in [3.05, 3.63) is 59.9 Å². The topological polar surface area (TPSA) is 91.1 Å². The van der Waals surface area contributed by atoms with Crippen LogP contribution in [0, 0.1) is 0 Å². The summed E-state index contributed by atoms with van der Waals surface area (Å²) in [5.74, 6) is 1.50. The molecule has 2 unspecified atom stereocenters. The number of nitrogens with one attached hydrogen (secondary N) is 4. The van der Waals surface area contributed by atoms with Crippen molar-refractivity contribution in [1.82, 2.24) is 26.1 Å². The number of hydrogen-bond acceptors (Lipinski definition) is 5. The van der Waals surface area contributed by atoms with E-state index in [1.807, 2.05) is 48.5 Å². The van der Waals surface area contributed by atoms with Crippen LogP contribution in [0.3, 0.4) is 0 Å². The summed E-state index contributed by atoms with van der Waals surface area (Å²) in [4.78, 5) is 20.2. The van der Waals surface area contributed by atoms with Gasteiger partial charge in [-0.3, -0.25) is 4.79 Å². The molecule has 2 atom stereocenters. The average molecular weight is 351 g/mol. The molecule has 26 heavy (non-hydrogen) atoms. The Hall–Kier alpha value is -2.90. The van der Waals surface area contributed by atoms with Crippen LogP contribution in [0.25, 0.3) is 11.0 Å². The predicted molar refractivity (Wildman–Crippen MR) is 98.4 cm³/mol. The van der Waals surface area contributed by atoms with E-state index in [9.17, 15) is 4.79 Å². The first-order valence-electron chi connectivity index (χ1n) is 8.60. The van der Waals surface area contributed by atoms with Gasteiger partial charge in [0.1, 0.15) is 17.6 Å². The fraction of sp³-hybridized carbons (Fsp3) is 0.263. The highest BCUT2D eigenvalue weighted by molar-refractivity contribution is 5.82. The second kappa shape index (κ2) is 7.15. The maximum Gasteiger partial charge on any atom is 0.238 e. The van der Waals surface area contributed by atoms with Crippen LogP contribution in [0.2, 0.25) is 0 Å². The van der Waals surface area contributed by atoms with Gasteiger partial charge in [-0.05, 0) is 24.6 Å². The fourth-order valence-electron chi connectivity index (χ4n) is 3.27. The molecule has 1 amide bonds. The van der Waals surface area contributed by atoms with Crippen molar-refractivity contribution in [3.63, 3.8) is 0 Å². The largest absolute Gasteiger partial charge is 0.496 e. The zero-order chi connectivity index (χ0) is 17.9.